The molecule has 27 heavy (non-hydrogen) atoms. The highest BCUT2D eigenvalue weighted by atomic mass is 32.1. The Hall–Kier alpha value is -1.72. The molecule has 2 heterocycles. The highest BCUT2D eigenvalue weighted by Gasteiger charge is 2.50. The predicted molar refractivity (Wildman–Crippen MR) is 108 cm³/mol. The number of hydrogen-bond acceptors (Lipinski definition) is 4. The summed E-state index contributed by atoms with van der Waals surface area (Å²) in [6, 6.07) is 10.2. The smallest absolute Gasteiger partial charge is 0.228 e. The van der Waals surface area contributed by atoms with Gasteiger partial charge >= 0.3 is 0 Å². The Labute approximate surface area is 165 Å². The minimum absolute atomic E-state index is 0.121. The molecule has 2 fully saturated rings. The second kappa shape index (κ2) is 7.36. The van der Waals surface area contributed by atoms with Crippen LogP contribution in [0.5, 0.6) is 0 Å². The molecule has 4 nitrogen and oxygen atoms in total. The number of nitrogens with zero attached hydrogens (tertiary/aromatic N) is 2. The van der Waals surface area contributed by atoms with Crippen LogP contribution in [0.1, 0.15) is 53.2 Å². The number of aliphatic hydroxyl groups is 1. The predicted octanol–water partition coefficient (Wildman–Crippen LogP) is 3.98. The van der Waals surface area contributed by atoms with E-state index >= 15 is 0 Å². The molecule has 1 N–H and O–H groups in total. The Morgan fingerprint density at radius 2 is 2.00 bits per heavy atom. The molecule has 5 heteroatoms. The summed E-state index contributed by atoms with van der Waals surface area (Å²) in [5.74, 6) is 0.310. The summed E-state index contributed by atoms with van der Waals surface area (Å²) >= 11 is 1.62. The fourth-order valence-corrected chi connectivity index (χ4v) is 5.98. The van der Waals surface area contributed by atoms with Crippen molar-refractivity contribution in [2.24, 2.45) is 5.92 Å². The van der Waals surface area contributed by atoms with E-state index in [2.05, 4.69) is 9.88 Å². The van der Waals surface area contributed by atoms with Crippen molar-refractivity contribution in [3.63, 3.8) is 0 Å². The van der Waals surface area contributed by atoms with Crippen LogP contribution in [0.15, 0.2) is 30.3 Å². The molecule has 1 unspecified atom stereocenters. The first-order chi connectivity index (χ1) is 13.0. The highest BCUT2D eigenvalue weighted by molar-refractivity contribution is 7.11. The van der Waals surface area contributed by atoms with E-state index in [1.165, 1.54) is 0 Å². The van der Waals surface area contributed by atoms with Gasteiger partial charge in [-0.1, -0.05) is 43.2 Å². The van der Waals surface area contributed by atoms with Gasteiger partial charge in [-0.05, 0) is 38.7 Å². The summed E-state index contributed by atoms with van der Waals surface area (Å²) in [5.41, 5.74) is 1.16. The van der Waals surface area contributed by atoms with Crippen LogP contribution in [0.4, 0.5) is 0 Å². The molecule has 2 aromatic rings. The molecule has 3 atom stereocenters. The maximum atomic E-state index is 13.2. The van der Waals surface area contributed by atoms with Gasteiger partial charge in [0.15, 0.2) is 0 Å². The largest absolute Gasteiger partial charge is 0.385 e. The highest BCUT2D eigenvalue weighted by Crippen LogP contribution is 2.47. The minimum Gasteiger partial charge on any atom is -0.385 e. The maximum absolute atomic E-state index is 13.2. The van der Waals surface area contributed by atoms with Gasteiger partial charge in [-0.3, -0.25) is 4.79 Å². The zero-order valence-corrected chi connectivity index (χ0v) is 17.0. The van der Waals surface area contributed by atoms with Crippen LogP contribution in [0, 0.1) is 19.8 Å². The molecule has 0 spiro atoms. The first-order valence-corrected chi connectivity index (χ1v) is 10.8. The second-order valence-electron chi connectivity index (χ2n) is 8.00. The van der Waals surface area contributed by atoms with Crippen molar-refractivity contribution in [1.29, 1.82) is 0 Å². The number of amides is 1. The molecular formula is C22H28N2O2S. The van der Waals surface area contributed by atoms with Crippen molar-refractivity contribution in [3.05, 3.63) is 51.5 Å². The molecule has 144 valence electrons. The number of aryl methyl sites for hydroxylation is 2. The maximum Gasteiger partial charge on any atom is 0.228 e. The van der Waals surface area contributed by atoms with Gasteiger partial charge in [-0.25, -0.2) is 4.98 Å². The van der Waals surface area contributed by atoms with Crippen molar-refractivity contribution in [2.75, 3.05) is 6.54 Å². The third kappa shape index (κ3) is 3.43. The lowest BCUT2D eigenvalue weighted by atomic mass is 9.66. The number of piperidine rings is 1. The summed E-state index contributed by atoms with van der Waals surface area (Å²) in [7, 11) is 0. The van der Waals surface area contributed by atoms with Gasteiger partial charge in [-0.2, -0.15) is 0 Å². The monoisotopic (exact) mass is 384 g/mol. The third-order valence-corrected chi connectivity index (χ3v) is 7.46. The van der Waals surface area contributed by atoms with Gasteiger partial charge in [0.05, 0.1) is 22.7 Å². The number of carbonyl (C=O) groups is 1. The van der Waals surface area contributed by atoms with Crippen LogP contribution in [-0.2, 0) is 16.8 Å². The van der Waals surface area contributed by atoms with Crippen molar-refractivity contribution in [1.82, 2.24) is 9.88 Å². The average Bonchev–Trinajstić information content (AvgIpc) is 2.99. The summed E-state index contributed by atoms with van der Waals surface area (Å²) in [4.78, 5) is 20.8. The van der Waals surface area contributed by atoms with Crippen LogP contribution in [0.2, 0.25) is 0 Å². The number of hydrogen-bond donors (Lipinski definition) is 1. The summed E-state index contributed by atoms with van der Waals surface area (Å²) in [6.07, 6.45) is 5.29. The third-order valence-electron chi connectivity index (χ3n) is 6.38. The molecule has 1 saturated heterocycles. The molecule has 1 aromatic heterocycles. The van der Waals surface area contributed by atoms with Crippen LogP contribution in [-0.4, -0.2) is 33.5 Å². The molecule has 1 amide bonds. The lowest BCUT2D eigenvalue weighted by molar-refractivity contribution is -0.154. The molecule has 1 aromatic carbocycles. The van der Waals surface area contributed by atoms with Gasteiger partial charge < -0.3 is 10.0 Å². The molecule has 0 bridgehead atoms. The zero-order valence-electron chi connectivity index (χ0n) is 16.1. The fourth-order valence-electron chi connectivity index (χ4n) is 5.05. The van der Waals surface area contributed by atoms with Crippen LogP contribution in [0.25, 0.3) is 0 Å². The molecule has 1 aliphatic heterocycles. The van der Waals surface area contributed by atoms with Crippen LogP contribution < -0.4 is 0 Å². The molecule has 2 aliphatic rings. The van der Waals surface area contributed by atoms with Gasteiger partial charge in [0, 0.05) is 23.4 Å². The first kappa shape index (κ1) is 18.6. The molecule has 0 radical (unpaired) electrons. The number of fused-ring (bicyclic) bond motifs is 1. The van der Waals surface area contributed by atoms with E-state index < -0.39 is 5.60 Å². The standard InChI is InChI=1S/C22H28N2O2S/c1-15-20(27-16(2)23-15)14-21(25)24-13-12-22(26,17-8-4-3-5-9-17)18-10-6-7-11-19(18)24/h3-5,8-9,18-19,26H,6-7,10-14H2,1-2H3/t18-,19+,22?/m0/s1. The number of aromatic nitrogens is 1. The lowest BCUT2D eigenvalue weighted by Crippen LogP contribution is -2.59. The van der Waals surface area contributed by atoms with Gasteiger partial charge in [0.2, 0.25) is 5.91 Å². The average molecular weight is 385 g/mol. The normalized spacial score (nSPS) is 28.0. The van der Waals surface area contributed by atoms with Crippen LogP contribution in [0.3, 0.4) is 0 Å². The van der Waals surface area contributed by atoms with Gasteiger partial charge in [0.25, 0.3) is 0 Å². The summed E-state index contributed by atoms with van der Waals surface area (Å²) in [5, 5.41) is 12.6. The number of rotatable bonds is 3. The van der Waals surface area contributed by atoms with E-state index in [9.17, 15) is 9.90 Å². The van der Waals surface area contributed by atoms with Crippen molar-refractivity contribution < 1.29 is 9.90 Å². The number of likely N-dealkylation sites (tertiary alicyclic amines) is 1. The van der Waals surface area contributed by atoms with E-state index in [-0.39, 0.29) is 17.9 Å². The molecule has 1 saturated carbocycles. The zero-order chi connectivity index (χ0) is 19.0. The number of benzene rings is 1. The Morgan fingerprint density at radius 3 is 2.70 bits per heavy atom. The molecule has 1 aliphatic carbocycles. The van der Waals surface area contributed by atoms with E-state index in [0.29, 0.717) is 19.4 Å². The lowest BCUT2D eigenvalue weighted by Gasteiger charge is -2.52. The Bertz CT molecular complexity index is 819. The Kier molecular flexibility index (Phi) is 5.08. The second-order valence-corrected chi connectivity index (χ2v) is 9.29. The fraction of sp³-hybridized carbons (Fsp3) is 0.545. The molecule has 4 rings (SSSR count). The quantitative estimate of drug-likeness (QED) is 0.871. The van der Waals surface area contributed by atoms with Gasteiger partial charge in [0.1, 0.15) is 0 Å². The van der Waals surface area contributed by atoms with Crippen molar-refractivity contribution >= 4 is 17.2 Å². The number of thiazole rings is 1. The van der Waals surface area contributed by atoms with Crippen molar-refractivity contribution in [2.45, 2.75) is 64.0 Å². The summed E-state index contributed by atoms with van der Waals surface area (Å²) in [6.45, 7) is 4.60. The minimum atomic E-state index is -0.819. The Morgan fingerprint density at radius 1 is 1.26 bits per heavy atom. The Balaban J connectivity index is 1.58. The van der Waals surface area contributed by atoms with E-state index in [1.807, 2.05) is 44.2 Å². The first-order valence-electron chi connectivity index (χ1n) is 9.99. The summed E-state index contributed by atoms with van der Waals surface area (Å²) < 4.78 is 0. The van der Waals surface area contributed by atoms with E-state index in [0.717, 1.165) is 46.8 Å². The SMILES string of the molecule is Cc1nc(C)c(CC(=O)N2CCC(O)(c3ccccc3)[C@H]3CCCC[C@H]32)s1. The van der Waals surface area contributed by atoms with E-state index in [4.69, 9.17) is 0 Å². The van der Waals surface area contributed by atoms with E-state index in [1.54, 1.807) is 11.3 Å². The van der Waals surface area contributed by atoms with Crippen molar-refractivity contribution in [3.8, 4) is 0 Å². The topological polar surface area (TPSA) is 53.4 Å². The number of carbonyl (C=O) groups excluding carboxylic acids is 1. The molecular weight excluding hydrogens is 356 g/mol. The van der Waals surface area contributed by atoms with Crippen LogP contribution >= 0.6 is 11.3 Å². The van der Waals surface area contributed by atoms with Gasteiger partial charge in [-0.15, -0.1) is 11.3 Å².